The third kappa shape index (κ3) is 3.98. The van der Waals surface area contributed by atoms with Gasteiger partial charge in [0.25, 0.3) is 0 Å². The van der Waals surface area contributed by atoms with Gasteiger partial charge in [0.2, 0.25) is 0 Å². The molecule has 2 aromatic heterocycles. The molecule has 0 bridgehead atoms. The Bertz CT molecular complexity index is 1470. The molecule has 5 rings (SSSR count). The number of hydrogen-bond acceptors (Lipinski definition) is 7. The highest BCUT2D eigenvalue weighted by atomic mass is 19.1. The average Bonchev–Trinajstić information content (AvgIpc) is 3.28. The number of halogens is 1. The number of piperidine rings is 1. The van der Waals surface area contributed by atoms with Gasteiger partial charge in [0.05, 0.1) is 17.0 Å². The molecule has 0 amide bonds. The summed E-state index contributed by atoms with van der Waals surface area (Å²) in [5, 5.41) is 20.1. The van der Waals surface area contributed by atoms with Crippen molar-refractivity contribution in [2.45, 2.75) is 18.9 Å². The van der Waals surface area contributed by atoms with Crippen molar-refractivity contribution in [3.8, 4) is 28.6 Å². The lowest BCUT2D eigenvalue weighted by Crippen LogP contribution is -2.43. The van der Waals surface area contributed by atoms with Crippen LogP contribution in [0.3, 0.4) is 0 Å². The van der Waals surface area contributed by atoms with Crippen molar-refractivity contribution in [2.75, 3.05) is 30.4 Å². The Morgan fingerprint density at radius 2 is 2.09 bits per heavy atom. The molecule has 1 aliphatic rings. The third-order valence-electron chi connectivity index (χ3n) is 6.39. The zero-order valence-corrected chi connectivity index (χ0v) is 19.3. The van der Waals surface area contributed by atoms with Gasteiger partial charge in [0, 0.05) is 67.2 Å². The molecule has 0 saturated carbocycles. The molecule has 0 radical (unpaired) electrons. The predicted octanol–water partition coefficient (Wildman–Crippen LogP) is 4.04. The first-order chi connectivity index (χ1) is 17.0. The zero-order chi connectivity index (χ0) is 24.5. The normalized spacial score (nSPS) is 15.7. The van der Waals surface area contributed by atoms with Crippen LogP contribution in [-0.2, 0) is 0 Å². The number of nitrogens with one attached hydrogen (secondary N) is 2. The van der Waals surface area contributed by atoms with Gasteiger partial charge in [-0.2, -0.15) is 5.26 Å². The highest BCUT2D eigenvalue weighted by Crippen LogP contribution is 2.37. The fourth-order valence-electron chi connectivity index (χ4n) is 4.68. The molecule has 8 nitrogen and oxygen atoms in total. The minimum absolute atomic E-state index is 0.0202. The quantitative estimate of drug-likeness (QED) is 0.380. The number of fused-ring (bicyclic) bond motifs is 1. The van der Waals surface area contributed by atoms with Crippen LogP contribution >= 0.6 is 0 Å². The standard InChI is InChI=1S/C26H25FN8/c1-31-22-7-6-17(11-19(22)14-29)24-23(16-4-5-18(13-28)21(27)12-16)33-26-25(32-8-10-35(24)26)34-9-2-3-20(30)15-34/h4-8,10-12,14,20,29,31H,2-3,9,15,30H2,1H3. The molecule has 176 valence electrons. The van der Waals surface area contributed by atoms with E-state index in [0.717, 1.165) is 42.1 Å². The van der Waals surface area contributed by atoms with E-state index >= 15 is 0 Å². The van der Waals surface area contributed by atoms with E-state index in [1.165, 1.54) is 18.3 Å². The minimum atomic E-state index is -0.598. The van der Waals surface area contributed by atoms with Gasteiger partial charge in [-0.05, 0) is 37.1 Å². The zero-order valence-electron chi connectivity index (χ0n) is 19.3. The number of rotatable bonds is 5. The smallest absolute Gasteiger partial charge is 0.181 e. The Hall–Kier alpha value is -4.29. The summed E-state index contributed by atoms with van der Waals surface area (Å²) in [7, 11) is 1.81. The van der Waals surface area contributed by atoms with Crippen LogP contribution in [-0.4, -0.2) is 46.8 Å². The Morgan fingerprint density at radius 1 is 1.26 bits per heavy atom. The van der Waals surface area contributed by atoms with Gasteiger partial charge in [-0.1, -0.05) is 12.1 Å². The predicted molar refractivity (Wildman–Crippen MR) is 135 cm³/mol. The van der Waals surface area contributed by atoms with E-state index in [9.17, 15) is 9.65 Å². The summed E-state index contributed by atoms with van der Waals surface area (Å²) >= 11 is 0. The van der Waals surface area contributed by atoms with Crippen molar-refractivity contribution in [2.24, 2.45) is 5.73 Å². The second-order valence-electron chi connectivity index (χ2n) is 8.60. The number of nitrogens with two attached hydrogens (primary N) is 1. The van der Waals surface area contributed by atoms with E-state index in [0.29, 0.717) is 29.0 Å². The number of nitriles is 1. The van der Waals surface area contributed by atoms with Gasteiger partial charge in [0.15, 0.2) is 11.5 Å². The van der Waals surface area contributed by atoms with Crippen LogP contribution in [0.2, 0.25) is 0 Å². The fraction of sp³-hybridized carbons (Fsp3) is 0.231. The molecule has 1 aliphatic heterocycles. The Balaban J connectivity index is 1.78. The minimum Gasteiger partial charge on any atom is -0.388 e. The lowest BCUT2D eigenvalue weighted by atomic mass is 10.0. The lowest BCUT2D eigenvalue weighted by molar-refractivity contribution is 0.503. The second-order valence-corrected chi connectivity index (χ2v) is 8.60. The molecule has 0 aliphatic carbocycles. The Kier molecular flexibility index (Phi) is 5.89. The van der Waals surface area contributed by atoms with E-state index in [1.807, 2.05) is 41.9 Å². The number of benzene rings is 2. The van der Waals surface area contributed by atoms with Gasteiger partial charge in [-0.25, -0.2) is 14.4 Å². The van der Waals surface area contributed by atoms with Gasteiger partial charge in [-0.15, -0.1) is 0 Å². The number of anilines is 2. The van der Waals surface area contributed by atoms with Gasteiger partial charge in [-0.3, -0.25) is 4.40 Å². The topological polar surface area (TPSA) is 119 Å². The van der Waals surface area contributed by atoms with Crippen LogP contribution in [0.25, 0.3) is 28.2 Å². The molecule has 1 fully saturated rings. The Morgan fingerprint density at radius 3 is 2.80 bits per heavy atom. The summed E-state index contributed by atoms with van der Waals surface area (Å²) in [6.07, 6.45) is 6.81. The molecule has 9 heteroatoms. The van der Waals surface area contributed by atoms with E-state index in [-0.39, 0.29) is 11.6 Å². The summed E-state index contributed by atoms with van der Waals surface area (Å²) in [6.45, 7) is 1.52. The largest absolute Gasteiger partial charge is 0.388 e. The summed E-state index contributed by atoms with van der Waals surface area (Å²) in [6, 6.07) is 12.2. The van der Waals surface area contributed by atoms with Crippen LogP contribution in [0.15, 0.2) is 48.8 Å². The van der Waals surface area contributed by atoms with Crippen LogP contribution in [0.5, 0.6) is 0 Å². The molecule has 2 aromatic carbocycles. The molecule has 1 unspecified atom stereocenters. The SMILES string of the molecule is CNc1ccc(-c2c(-c3ccc(C#N)c(F)c3)nc3c(N4CCCC(N)C4)nccn23)cc1C=N. The fourth-order valence-corrected chi connectivity index (χ4v) is 4.68. The molecular weight excluding hydrogens is 443 g/mol. The molecule has 4 aromatic rings. The van der Waals surface area contributed by atoms with Crippen molar-refractivity contribution in [3.05, 3.63) is 65.7 Å². The maximum absolute atomic E-state index is 14.6. The maximum atomic E-state index is 14.6. The molecule has 4 N–H and O–H groups in total. The second kappa shape index (κ2) is 9.16. The monoisotopic (exact) mass is 468 g/mol. The number of imidazole rings is 1. The number of nitrogens with zero attached hydrogens (tertiary/aromatic N) is 5. The highest BCUT2D eigenvalue weighted by Gasteiger charge is 2.25. The number of aromatic nitrogens is 3. The molecule has 3 heterocycles. The third-order valence-corrected chi connectivity index (χ3v) is 6.39. The van der Waals surface area contributed by atoms with E-state index in [4.69, 9.17) is 16.1 Å². The lowest BCUT2D eigenvalue weighted by Gasteiger charge is -2.31. The first kappa shape index (κ1) is 22.5. The van der Waals surface area contributed by atoms with Crippen molar-refractivity contribution in [1.82, 2.24) is 14.4 Å². The van der Waals surface area contributed by atoms with E-state index in [1.54, 1.807) is 12.3 Å². The van der Waals surface area contributed by atoms with Gasteiger partial charge in [0.1, 0.15) is 11.9 Å². The van der Waals surface area contributed by atoms with Crippen molar-refractivity contribution >= 4 is 23.4 Å². The molecule has 35 heavy (non-hydrogen) atoms. The first-order valence-electron chi connectivity index (χ1n) is 11.4. The van der Waals surface area contributed by atoms with Crippen LogP contribution in [0.4, 0.5) is 15.9 Å². The summed E-state index contributed by atoms with van der Waals surface area (Å²) < 4.78 is 16.6. The average molecular weight is 469 g/mol. The molecular formula is C26H25FN8. The van der Waals surface area contributed by atoms with Crippen molar-refractivity contribution < 1.29 is 4.39 Å². The van der Waals surface area contributed by atoms with Crippen LogP contribution in [0, 0.1) is 22.6 Å². The molecule has 1 atom stereocenters. The highest BCUT2D eigenvalue weighted by molar-refractivity contribution is 5.91. The molecule has 0 spiro atoms. The van der Waals surface area contributed by atoms with Crippen LogP contribution < -0.4 is 16.0 Å². The van der Waals surface area contributed by atoms with Crippen molar-refractivity contribution in [1.29, 1.82) is 10.7 Å². The maximum Gasteiger partial charge on any atom is 0.181 e. The first-order valence-corrected chi connectivity index (χ1v) is 11.4. The van der Waals surface area contributed by atoms with Gasteiger partial charge < -0.3 is 21.4 Å². The van der Waals surface area contributed by atoms with Crippen molar-refractivity contribution in [3.63, 3.8) is 0 Å². The summed E-state index contributed by atoms with van der Waals surface area (Å²) in [5.41, 5.74) is 11.1. The van der Waals surface area contributed by atoms with Crippen LogP contribution in [0.1, 0.15) is 24.0 Å². The Labute approximate surface area is 202 Å². The van der Waals surface area contributed by atoms with E-state index < -0.39 is 5.82 Å². The molecule has 1 saturated heterocycles. The summed E-state index contributed by atoms with van der Waals surface area (Å²) in [4.78, 5) is 11.7. The summed E-state index contributed by atoms with van der Waals surface area (Å²) in [5.74, 6) is 0.127. The van der Waals surface area contributed by atoms with E-state index in [2.05, 4.69) is 15.2 Å². The van der Waals surface area contributed by atoms with Gasteiger partial charge >= 0.3 is 0 Å². The number of hydrogen-bond donors (Lipinski definition) is 3.